The maximum atomic E-state index is 14.8. The second-order valence-corrected chi connectivity index (χ2v) is 6.63. The van der Waals surface area contributed by atoms with Gasteiger partial charge in [-0.15, -0.1) is 0 Å². The van der Waals surface area contributed by atoms with E-state index in [0.29, 0.717) is 22.6 Å². The first-order valence-corrected chi connectivity index (χ1v) is 7.82. The lowest BCUT2D eigenvalue weighted by Crippen LogP contribution is -2.40. The van der Waals surface area contributed by atoms with Gasteiger partial charge in [-0.1, -0.05) is 0 Å². The number of nitrogens with zero attached hydrogens (tertiary/aromatic N) is 1. The van der Waals surface area contributed by atoms with Gasteiger partial charge in [-0.3, -0.25) is 4.79 Å². The van der Waals surface area contributed by atoms with Crippen LogP contribution in [0.15, 0.2) is 30.3 Å². The van der Waals surface area contributed by atoms with E-state index >= 15 is 0 Å². The fourth-order valence-corrected chi connectivity index (χ4v) is 2.76. The van der Waals surface area contributed by atoms with E-state index in [1.54, 1.807) is 6.92 Å². The third-order valence-electron chi connectivity index (χ3n) is 4.65. The van der Waals surface area contributed by atoms with Crippen molar-refractivity contribution in [3.05, 3.63) is 47.4 Å². The van der Waals surface area contributed by atoms with Crippen molar-refractivity contribution in [2.75, 3.05) is 13.2 Å². The molecule has 132 valence electrons. The number of pyridine rings is 1. The Morgan fingerprint density at radius 2 is 2.04 bits per heavy atom. The minimum Gasteiger partial charge on any atom is -0.489 e. The topological polar surface area (TPSA) is 91.2 Å². The van der Waals surface area contributed by atoms with Crippen molar-refractivity contribution in [3.63, 3.8) is 0 Å². The van der Waals surface area contributed by atoms with Crippen LogP contribution in [0.2, 0.25) is 0 Å². The average Bonchev–Trinajstić information content (AvgIpc) is 2.93. The van der Waals surface area contributed by atoms with Crippen LogP contribution in [0.5, 0.6) is 5.75 Å². The van der Waals surface area contributed by atoms with Crippen molar-refractivity contribution < 1.29 is 18.3 Å². The minimum atomic E-state index is -1.90. The number of rotatable bonds is 4. The number of ether oxygens (including phenoxy) is 1. The van der Waals surface area contributed by atoms with Crippen LogP contribution in [0.1, 0.15) is 25.1 Å². The highest BCUT2D eigenvalue weighted by molar-refractivity contribution is 5.90. The van der Waals surface area contributed by atoms with Gasteiger partial charge in [-0.05, 0) is 44.2 Å². The molecule has 7 heteroatoms. The molecule has 2 aromatic rings. The number of primary amides is 1. The Bertz CT molecular complexity index is 837. The molecule has 25 heavy (non-hydrogen) atoms. The predicted octanol–water partition coefficient (Wildman–Crippen LogP) is 2.17. The summed E-state index contributed by atoms with van der Waals surface area (Å²) in [5, 5.41) is 0. The summed E-state index contributed by atoms with van der Waals surface area (Å²) in [4.78, 5) is 16.3. The van der Waals surface area contributed by atoms with E-state index in [-0.39, 0.29) is 18.8 Å². The van der Waals surface area contributed by atoms with Gasteiger partial charge in [0.15, 0.2) is 5.67 Å². The van der Waals surface area contributed by atoms with E-state index in [2.05, 4.69) is 4.98 Å². The first-order chi connectivity index (χ1) is 11.7. The highest BCUT2D eigenvalue weighted by atomic mass is 19.1. The van der Waals surface area contributed by atoms with Crippen molar-refractivity contribution in [1.82, 2.24) is 4.98 Å². The molecular formula is C18H19F2N3O2. The fourth-order valence-electron chi connectivity index (χ4n) is 2.76. The number of amides is 1. The fraction of sp³-hybridized carbons (Fsp3) is 0.333. The Balaban J connectivity index is 2.29. The van der Waals surface area contributed by atoms with Crippen molar-refractivity contribution in [3.8, 4) is 17.0 Å². The number of hydrogen-bond donors (Lipinski definition) is 2. The maximum absolute atomic E-state index is 14.8. The van der Waals surface area contributed by atoms with E-state index in [0.717, 1.165) is 0 Å². The summed E-state index contributed by atoms with van der Waals surface area (Å²) in [6.07, 6.45) is 0. The van der Waals surface area contributed by atoms with Crippen molar-refractivity contribution in [1.29, 1.82) is 0 Å². The molecule has 0 bridgehead atoms. The molecule has 0 saturated carbocycles. The first-order valence-electron chi connectivity index (χ1n) is 7.82. The molecule has 1 aromatic heterocycles. The minimum absolute atomic E-state index is 0.0304. The quantitative estimate of drug-likeness (QED) is 0.887. The molecule has 2 atom stereocenters. The molecular weight excluding hydrogens is 328 g/mol. The number of aromatic nitrogens is 1. The molecule has 1 unspecified atom stereocenters. The van der Waals surface area contributed by atoms with Crippen LogP contribution in [-0.4, -0.2) is 24.0 Å². The number of hydrogen-bond acceptors (Lipinski definition) is 4. The Hall–Kier alpha value is -2.54. The van der Waals surface area contributed by atoms with E-state index in [4.69, 9.17) is 16.2 Å². The molecule has 1 aromatic carbocycles. The van der Waals surface area contributed by atoms with Crippen LogP contribution in [-0.2, 0) is 15.9 Å². The summed E-state index contributed by atoms with van der Waals surface area (Å²) in [6, 6.07) is 7.06. The van der Waals surface area contributed by atoms with Crippen LogP contribution in [0, 0.1) is 5.82 Å². The molecule has 1 aliphatic rings. The number of benzene rings is 1. The SMILES string of the molecule is CC(F)(CN)c1cc2c(c(-c3ccc(F)cc3)n1)OC[C@]2(C)C(N)=O. The molecule has 0 spiro atoms. The Morgan fingerprint density at radius 1 is 1.40 bits per heavy atom. The lowest BCUT2D eigenvalue weighted by atomic mass is 9.82. The van der Waals surface area contributed by atoms with Crippen LogP contribution in [0.25, 0.3) is 11.3 Å². The van der Waals surface area contributed by atoms with Gasteiger partial charge >= 0.3 is 0 Å². The third-order valence-corrected chi connectivity index (χ3v) is 4.65. The first kappa shape index (κ1) is 17.3. The highest BCUT2D eigenvalue weighted by Gasteiger charge is 2.45. The van der Waals surface area contributed by atoms with Crippen LogP contribution in [0.4, 0.5) is 8.78 Å². The summed E-state index contributed by atoms with van der Waals surface area (Å²) in [5.74, 6) is -0.636. The standard InChI is InChI=1S/C18H19F2N3O2/c1-17(16(22)24)9-25-15-12(17)7-13(18(2,20)8-21)23-14(15)10-3-5-11(19)6-4-10/h3-7H,8-9,21H2,1-2H3,(H2,22,24)/t17-,18?/m0/s1. The molecule has 0 radical (unpaired) electrons. The molecule has 4 N–H and O–H groups in total. The van der Waals surface area contributed by atoms with Crippen molar-refractivity contribution >= 4 is 5.91 Å². The molecule has 1 aliphatic heterocycles. The molecule has 5 nitrogen and oxygen atoms in total. The second-order valence-electron chi connectivity index (χ2n) is 6.63. The van der Waals surface area contributed by atoms with E-state index < -0.39 is 22.8 Å². The molecule has 3 rings (SSSR count). The summed E-state index contributed by atoms with van der Waals surface area (Å²) < 4.78 is 33.7. The lowest BCUT2D eigenvalue weighted by Gasteiger charge is -2.23. The highest BCUT2D eigenvalue weighted by Crippen LogP contribution is 2.45. The maximum Gasteiger partial charge on any atom is 0.231 e. The third kappa shape index (κ3) is 2.74. The Labute approximate surface area is 144 Å². The van der Waals surface area contributed by atoms with Crippen LogP contribution in [0.3, 0.4) is 0 Å². The second kappa shape index (κ2) is 5.77. The average molecular weight is 347 g/mol. The predicted molar refractivity (Wildman–Crippen MR) is 89.2 cm³/mol. The summed E-state index contributed by atoms with van der Waals surface area (Å²) in [5.41, 5.74) is 9.48. The van der Waals surface area contributed by atoms with Crippen LogP contribution < -0.4 is 16.2 Å². The zero-order chi connectivity index (χ0) is 18.4. The molecule has 2 heterocycles. The number of fused-ring (bicyclic) bond motifs is 1. The molecule has 0 saturated heterocycles. The summed E-state index contributed by atoms with van der Waals surface area (Å²) >= 11 is 0. The van der Waals surface area contributed by atoms with Gasteiger partial charge in [0, 0.05) is 17.7 Å². The smallest absolute Gasteiger partial charge is 0.231 e. The molecule has 0 aliphatic carbocycles. The van der Waals surface area contributed by atoms with E-state index in [1.807, 2.05) is 0 Å². The Morgan fingerprint density at radius 3 is 2.60 bits per heavy atom. The van der Waals surface area contributed by atoms with Gasteiger partial charge in [0.25, 0.3) is 0 Å². The molecule has 0 fully saturated rings. The van der Waals surface area contributed by atoms with E-state index in [9.17, 15) is 13.6 Å². The zero-order valence-electron chi connectivity index (χ0n) is 14.0. The molecule has 1 amide bonds. The normalized spacial score (nSPS) is 21.3. The number of carbonyl (C=O) groups excluding carboxylic acids is 1. The van der Waals surface area contributed by atoms with Crippen molar-refractivity contribution in [2.24, 2.45) is 11.5 Å². The van der Waals surface area contributed by atoms with Crippen molar-refractivity contribution in [2.45, 2.75) is 24.9 Å². The number of halogens is 2. The number of nitrogens with two attached hydrogens (primary N) is 2. The largest absolute Gasteiger partial charge is 0.489 e. The number of alkyl halides is 1. The lowest BCUT2D eigenvalue weighted by molar-refractivity contribution is -0.123. The van der Waals surface area contributed by atoms with Gasteiger partial charge in [-0.2, -0.15) is 0 Å². The monoisotopic (exact) mass is 347 g/mol. The van der Waals surface area contributed by atoms with Gasteiger partial charge in [-0.25, -0.2) is 13.8 Å². The van der Waals surface area contributed by atoms with Crippen LogP contribution >= 0.6 is 0 Å². The Kier molecular flexibility index (Phi) is 3.99. The van der Waals surface area contributed by atoms with Gasteiger partial charge in [0.05, 0.1) is 5.69 Å². The summed E-state index contributed by atoms with van der Waals surface area (Å²) in [6.45, 7) is 2.70. The van der Waals surface area contributed by atoms with E-state index in [1.165, 1.54) is 37.3 Å². The van der Waals surface area contributed by atoms with Gasteiger partial charge < -0.3 is 16.2 Å². The van der Waals surface area contributed by atoms with Gasteiger partial charge in [0.1, 0.15) is 29.3 Å². The summed E-state index contributed by atoms with van der Waals surface area (Å²) in [7, 11) is 0. The number of carbonyl (C=O) groups is 1. The zero-order valence-corrected chi connectivity index (χ0v) is 14.0. The van der Waals surface area contributed by atoms with Gasteiger partial charge in [0.2, 0.25) is 5.91 Å².